The Balaban J connectivity index is 2.24. The Labute approximate surface area is 92.4 Å². The van der Waals surface area contributed by atoms with E-state index in [1.165, 1.54) is 16.5 Å². The first-order valence-corrected chi connectivity index (χ1v) is 8.92. The monoisotopic (exact) mass is 218 g/mol. The smallest absolute Gasteiger partial charge is 0.0891 e. The Hall–Kier alpha value is -0.933. The maximum atomic E-state index is 4.41. The molecule has 1 aromatic rings. The fourth-order valence-corrected chi connectivity index (χ4v) is 2.90. The molecular weight excluding hydrogens is 200 g/mol. The number of hydrogen-bond acceptors (Lipinski definition) is 2. The second-order valence-electron chi connectivity index (χ2n) is 5.02. The van der Waals surface area contributed by atoms with Gasteiger partial charge < -0.3 is 0 Å². The average molecular weight is 218 g/mol. The second-order valence-corrected chi connectivity index (χ2v) is 10.1. The highest BCUT2D eigenvalue weighted by molar-refractivity contribution is 6.88. The zero-order valence-corrected chi connectivity index (χ0v) is 10.7. The van der Waals surface area contributed by atoms with Crippen LogP contribution in [0.2, 0.25) is 19.6 Å². The number of nitrogens with zero attached hydrogens (tertiary/aromatic N) is 1. The fraction of sp³-hybridized carbons (Fsp3) is 0.417. The topological polar surface area (TPSA) is 24.4 Å². The van der Waals surface area contributed by atoms with Crippen molar-refractivity contribution < 1.29 is 0 Å². The van der Waals surface area contributed by atoms with Crippen molar-refractivity contribution in [2.45, 2.75) is 19.6 Å². The number of rotatable bonds is 2. The summed E-state index contributed by atoms with van der Waals surface area (Å²) in [6.45, 7) is 8.79. The van der Waals surface area contributed by atoms with Crippen molar-refractivity contribution in [2.75, 3.05) is 13.2 Å². The summed E-state index contributed by atoms with van der Waals surface area (Å²) in [7, 11) is -1.15. The predicted octanol–water partition coefficient (Wildman–Crippen LogP) is 1.58. The van der Waals surface area contributed by atoms with Gasteiger partial charge in [0.25, 0.3) is 0 Å². The molecule has 0 saturated heterocycles. The maximum absolute atomic E-state index is 4.41. The van der Waals surface area contributed by atoms with Gasteiger partial charge in [0.1, 0.15) is 0 Å². The molecule has 15 heavy (non-hydrogen) atoms. The number of hydrogen-bond donors (Lipinski definition) is 1. The van der Waals surface area contributed by atoms with E-state index in [0.29, 0.717) is 0 Å². The lowest BCUT2D eigenvalue weighted by molar-refractivity contribution is 0.850. The van der Waals surface area contributed by atoms with Crippen LogP contribution < -0.4 is 10.5 Å². The van der Waals surface area contributed by atoms with Crippen molar-refractivity contribution in [2.24, 2.45) is 4.99 Å². The Bertz CT molecular complexity index is 374. The van der Waals surface area contributed by atoms with Crippen molar-refractivity contribution in [3.05, 3.63) is 29.8 Å². The highest BCUT2D eigenvalue weighted by Crippen LogP contribution is 2.07. The molecule has 0 amide bonds. The summed E-state index contributed by atoms with van der Waals surface area (Å²) in [5, 5.41) is 4.73. The molecule has 0 aliphatic carbocycles. The van der Waals surface area contributed by atoms with E-state index < -0.39 is 8.07 Å². The van der Waals surface area contributed by atoms with Gasteiger partial charge in [0.05, 0.1) is 20.5 Å². The summed E-state index contributed by atoms with van der Waals surface area (Å²) in [5.41, 5.74) is 2.46. The van der Waals surface area contributed by atoms with Gasteiger partial charge in [0.2, 0.25) is 0 Å². The molecule has 3 heteroatoms. The van der Waals surface area contributed by atoms with Crippen LogP contribution in [0.25, 0.3) is 0 Å². The summed E-state index contributed by atoms with van der Waals surface area (Å²) >= 11 is 0. The van der Waals surface area contributed by atoms with E-state index in [2.05, 4.69) is 54.2 Å². The molecule has 1 aliphatic heterocycles. The van der Waals surface area contributed by atoms with Crippen molar-refractivity contribution in [1.82, 2.24) is 5.32 Å². The largest absolute Gasteiger partial charge is 0.293 e. The third-order valence-corrected chi connectivity index (χ3v) is 4.82. The minimum atomic E-state index is -1.15. The molecule has 2 nitrogen and oxygen atoms in total. The zero-order chi connectivity index (χ0) is 10.9. The molecule has 1 N–H and O–H groups in total. The van der Waals surface area contributed by atoms with E-state index in [1.807, 2.05) is 0 Å². The third kappa shape index (κ3) is 2.36. The molecule has 0 bridgehead atoms. The van der Waals surface area contributed by atoms with Crippen LogP contribution in [0.15, 0.2) is 29.3 Å². The zero-order valence-electron chi connectivity index (χ0n) is 9.67. The normalized spacial score (nSPS) is 16.6. The van der Waals surface area contributed by atoms with Crippen molar-refractivity contribution in [3.8, 4) is 0 Å². The molecule has 2 rings (SSSR count). The molecular formula is C12H18N2Si. The van der Waals surface area contributed by atoms with Crippen molar-refractivity contribution in [1.29, 1.82) is 0 Å². The lowest BCUT2D eigenvalue weighted by atomic mass is 10.1. The summed E-state index contributed by atoms with van der Waals surface area (Å²) in [4.78, 5) is 4.41. The van der Waals surface area contributed by atoms with Gasteiger partial charge in [-0.2, -0.15) is 0 Å². The van der Waals surface area contributed by atoms with Crippen LogP contribution in [0.3, 0.4) is 0 Å². The molecule has 0 radical (unpaired) electrons. The summed E-state index contributed by atoms with van der Waals surface area (Å²) < 4.78 is 0. The molecule has 1 aromatic carbocycles. The first-order valence-electron chi connectivity index (χ1n) is 5.42. The molecule has 0 unspecified atom stereocenters. The molecule has 0 fully saturated rings. The number of nitrogens with one attached hydrogen (secondary N) is 1. The summed E-state index contributed by atoms with van der Waals surface area (Å²) in [5.74, 6) is 0. The Morgan fingerprint density at radius 3 is 2.27 bits per heavy atom. The van der Waals surface area contributed by atoms with Gasteiger partial charge in [-0.05, 0) is 5.56 Å². The molecule has 1 heterocycles. The minimum Gasteiger partial charge on any atom is -0.293 e. The number of benzene rings is 1. The van der Waals surface area contributed by atoms with E-state index in [4.69, 9.17) is 0 Å². The van der Waals surface area contributed by atoms with Crippen molar-refractivity contribution >= 4 is 19.0 Å². The molecule has 0 aromatic heterocycles. The highest BCUT2D eigenvalue weighted by Gasteiger charge is 2.16. The van der Waals surface area contributed by atoms with Gasteiger partial charge in [0, 0.05) is 6.54 Å². The molecule has 0 atom stereocenters. The lowest BCUT2D eigenvalue weighted by Gasteiger charge is -2.16. The van der Waals surface area contributed by atoms with Gasteiger partial charge in [-0.1, -0.05) is 49.1 Å². The van der Waals surface area contributed by atoms with Gasteiger partial charge in [0.15, 0.2) is 0 Å². The Morgan fingerprint density at radius 1 is 1.13 bits per heavy atom. The summed E-state index contributed by atoms with van der Waals surface area (Å²) in [6.07, 6.45) is 0. The fourth-order valence-electron chi connectivity index (χ4n) is 1.74. The van der Waals surface area contributed by atoms with E-state index in [0.717, 1.165) is 13.2 Å². The van der Waals surface area contributed by atoms with Gasteiger partial charge in [-0.3, -0.25) is 10.3 Å². The van der Waals surface area contributed by atoms with Crippen LogP contribution in [-0.2, 0) is 0 Å². The minimum absolute atomic E-state index is 0.769. The lowest BCUT2D eigenvalue weighted by Crippen LogP contribution is -2.37. The SMILES string of the molecule is C[Si](C)(C)c1ccc(C2=NCNC2)cc1. The van der Waals surface area contributed by atoms with Gasteiger partial charge >= 0.3 is 0 Å². The number of aliphatic imine (C=N–C) groups is 1. The predicted molar refractivity (Wildman–Crippen MR) is 68.8 cm³/mol. The molecule has 80 valence electrons. The third-order valence-electron chi connectivity index (χ3n) is 2.76. The average Bonchev–Trinajstić information content (AvgIpc) is 2.69. The molecule has 0 spiro atoms. The first kappa shape index (κ1) is 10.6. The summed E-state index contributed by atoms with van der Waals surface area (Å²) in [6, 6.07) is 8.95. The Morgan fingerprint density at radius 2 is 1.80 bits per heavy atom. The van der Waals surface area contributed by atoms with E-state index in [-0.39, 0.29) is 0 Å². The van der Waals surface area contributed by atoms with E-state index >= 15 is 0 Å². The van der Waals surface area contributed by atoms with E-state index in [9.17, 15) is 0 Å². The van der Waals surface area contributed by atoms with Crippen LogP contribution >= 0.6 is 0 Å². The molecule has 1 aliphatic rings. The van der Waals surface area contributed by atoms with E-state index in [1.54, 1.807) is 0 Å². The van der Waals surface area contributed by atoms with Crippen molar-refractivity contribution in [3.63, 3.8) is 0 Å². The first-order chi connectivity index (χ1) is 7.07. The van der Waals surface area contributed by atoms with Crippen LogP contribution in [0.5, 0.6) is 0 Å². The second kappa shape index (κ2) is 3.91. The van der Waals surface area contributed by atoms with Crippen LogP contribution in [0, 0.1) is 0 Å². The van der Waals surface area contributed by atoms with Crippen LogP contribution in [-0.4, -0.2) is 27.0 Å². The highest BCUT2D eigenvalue weighted by atomic mass is 28.3. The Kier molecular flexibility index (Phi) is 2.76. The molecule has 0 saturated carbocycles. The van der Waals surface area contributed by atoms with Crippen LogP contribution in [0.1, 0.15) is 5.56 Å². The quantitative estimate of drug-likeness (QED) is 0.749. The standard InChI is InChI=1S/C12H18N2Si/c1-15(2,3)11-6-4-10(5-7-11)12-8-13-9-14-12/h4-7,13H,8-9H2,1-3H3. The maximum Gasteiger partial charge on any atom is 0.0891 e. The van der Waals surface area contributed by atoms with Crippen LogP contribution in [0.4, 0.5) is 0 Å². The van der Waals surface area contributed by atoms with Gasteiger partial charge in [-0.15, -0.1) is 0 Å². The van der Waals surface area contributed by atoms with Gasteiger partial charge in [-0.25, -0.2) is 0 Å².